The minimum atomic E-state index is -0.662. The predicted molar refractivity (Wildman–Crippen MR) is 384 cm³/mol. The van der Waals surface area contributed by atoms with Crippen LogP contribution in [0.2, 0.25) is 0 Å². The van der Waals surface area contributed by atoms with Crippen molar-refractivity contribution in [3.05, 3.63) is 24.3 Å². The highest BCUT2D eigenvalue weighted by Gasteiger charge is 2.20. The summed E-state index contributed by atoms with van der Waals surface area (Å²) in [7, 11) is 0. The predicted octanol–water partition coefficient (Wildman–Crippen LogP) is 26.4. The number of hydrogen-bond acceptors (Lipinski definition) is 5. The quantitative estimate of drug-likeness (QED) is 0.0320. The van der Waals surface area contributed by atoms with E-state index in [2.05, 4.69) is 43.5 Å². The Morgan fingerprint density at radius 1 is 0.310 bits per heavy atom. The van der Waals surface area contributed by atoms with Crippen molar-refractivity contribution < 1.29 is 24.5 Å². The van der Waals surface area contributed by atoms with Gasteiger partial charge in [0, 0.05) is 12.8 Å². The van der Waals surface area contributed by atoms with Crippen molar-refractivity contribution in [3.63, 3.8) is 0 Å². The second-order valence-corrected chi connectivity index (χ2v) is 27.7. The van der Waals surface area contributed by atoms with Gasteiger partial charge < -0.3 is 20.3 Å². The van der Waals surface area contributed by atoms with Crippen molar-refractivity contribution in [1.82, 2.24) is 5.32 Å². The molecule has 0 aromatic rings. The van der Waals surface area contributed by atoms with E-state index in [4.69, 9.17) is 4.74 Å². The lowest BCUT2D eigenvalue weighted by molar-refractivity contribution is -0.143. The lowest BCUT2D eigenvalue weighted by Gasteiger charge is -2.22. The number of carbonyl (C=O) groups excluding carboxylic acids is 2. The first-order chi connectivity index (χ1) is 43.0. The Morgan fingerprint density at radius 3 is 0.816 bits per heavy atom. The van der Waals surface area contributed by atoms with Gasteiger partial charge in [0.15, 0.2) is 0 Å². The van der Waals surface area contributed by atoms with Crippen molar-refractivity contribution >= 4 is 11.9 Å². The summed E-state index contributed by atoms with van der Waals surface area (Å²) in [6, 6.07) is -0.539. The number of rotatable bonds is 76. The van der Waals surface area contributed by atoms with Gasteiger partial charge in [0.25, 0.3) is 0 Å². The zero-order chi connectivity index (χ0) is 62.8. The molecule has 1 amide bonds. The Bertz CT molecular complexity index is 1360. The molecule has 2 unspecified atom stereocenters. The molecule has 516 valence electrons. The van der Waals surface area contributed by atoms with E-state index >= 15 is 0 Å². The molecule has 0 aliphatic heterocycles. The van der Waals surface area contributed by atoms with Crippen LogP contribution in [0.25, 0.3) is 0 Å². The molecule has 0 aliphatic rings. The first kappa shape index (κ1) is 85.3. The van der Waals surface area contributed by atoms with E-state index in [1.165, 1.54) is 379 Å². The molecule has 0 saturated carbocycles. The maximum absolute atomic E-state index is 12.5. The molecule has 0 aliphatic carbocycles. The van der Waals surface area contributed by atoms with Gasteiger partial charge in [0.1, 0.15) is 0 Å². The fraction of sp³-hybridized carbons (Fsp3) is 0.926. The number of unbranched alkanes of at least 4 members (excludes halogenated alkanes) is 61. The lowest BCUT2D eigenvalue weighted by Crippen LogP contribution is -2.45. The fourth-order valence-electron chi connectivity index (χ4n) is 12.9. The Hall–Kier alpha value is -1.66. The van der Waals surface area contributed by atoms with Crippen molar-refractivity contribution in [2.75, 3.05) is 13.2 Å². The smallest absolute Gasteiger partial charge is 0.305 e. The Balaban J connectivity index is 3.33. The van der Waals surface area contributed by atoms with Gasteiger partial charge in [-0.05, 0) is 77.0 Å². The number of aliphatic hydroxyl groups is 2. The van der Waals surface area contributed by atoms with Crippen molar-refractivity contribution in [3.8, 4) is 0 Å². The molecule has 0 heterocycles. The first-order valence-electron chi connectivity index (χ1n) is 40.1. The number of ether oxygens (including phenoxy) is 1. The first-order valence-corrected chi connectivity index (χ1v) is 40.1. The Kier molecular flexibility index (Phi) is 75.3. The fourth-order valence-corrected chi connectivity index (χ4v) is 12.9. The number of amides is 1. The van der Waals surface area contributed by atoms with Crippen LogP contribution >= 0.6 is 0 Å². The van der Waals surface area contributed by atoms with Crippen molar-refractivity contribution in [2.24, 2.45) is 0 Å². The van der Waals surface area contributed by atoms with Crippen LogP contribution in [0.4, 0.5) is 0 Å². The molecule has 6 nitrogen and oxygen atoms in total. The van der Waals surface area contributed by atoms with Crippen LogP contribution in [0.15, 0.2) is 24.3 Å². The van der Waals surface area contributed by atoms with E-state index < -0.39 is 12.1 Å². The molecule has 0 aromatic carbocycles. The van der Waals surface area contributed by atoms with Gasteiger partial charge in [-0.1, -0.05) is 391 Å². The topological polar surface area (TPSA) is 95.9 Å². The number of aliphatic hydroxyl groups excluding tert-OH is 2. The summed E-state index contributed by atoms with van der Waals surface area (Å²) in [5.41, 5.74) is 0. The maximum atomic E-state index is 12.5. The number of carbonyl (C=O) groups is 2. The summed E-state index contributed by atoms with van der Waals surface area (Å²) in [5, 5.41) is 23.4. The third-order valence-corrected chi connectivity index (χ3v) is 19.0. The van der Waals surface area contributed by atoms with E-state index in [0.29, 0.717) is 25.9 Å². The minimum Gasteiger partial charge on any atom is -0.466 e. The summed E-state index contributed by atoms with van der Waals surface area (Å²) in [6.45, 7) is 5.00. The SMILES string of the molecule is CCCCCCCCC/C=C\CCCCCCCCCC(=O)OCCCCCCCCCCCCCCCC/C=C\CCCCCCCCCCCCCCCCCCCC(=O)NC(CO)C(O)CCCCCCCCCCCCCCCCCCC. The molecule has 87 heavy (non-hydrogen) atoms. The zero-order valence-electron chi connectivity index (χ0n) is 59.3. The highest BCUT2D eigenvalue weighted by molar-refractivity contribution is 5.76. The molecule has 0 aromatic heterocycles. The average molecular weight is 1230 g/mol. The summed E-state index contributed by atoms with van der Waals surface area (Å²) in [5.74, 6) is -0.00877. The van der Waals surface area contributed by atoms with E-state index in [9.17, 15) is 19.8 Å². The number of allylic oxidation sites excluding steroid dienone is 4. The van der Waals surface area contributed by atoms with Gasteiger partial charge in [0.2, 0.25) is 5.91 Å². The molecule has 0 spiro atoms. The zero-order valence-corrected chi connectivity index (χ0v) is 59.3. The lowest BCUT2D eigenvalue weighted by atomic mass is 10.0. The van der Waals surface area contributed by atoms with Crippen LogP contribution in [-0.4, -0.2) is 47.4 Å². The molecule has 0 radical (unpaired) electrons. The van der Waals surface area contributed by atoms with Gasteiger partial charge in [-0.25, -0.2) is 0 Å². The molecular weight excluding hydrogens is 1070 g/mol. The molecule has 3 N–H and O–H groups in total. The third kappa shape index (κ3) is 73.3. The number of nitrogens with one attached hydrogen (secondary N) is 1. The van der Waals surface area contributed by atoms with Crippen LogP contribution in [0.1, 0.15) is 457 Å². The van der Waals surface area contributed by atoms with Crippen LogP contribution in [0.3, 0.4) is 0 Å². The number of hydrogen-bond donors (Lipinski definition) is 3. The van der Waals surface area contributed by atoms with E-state index in [0.717, 1.165) is 44.9 Å². The molecule has 0 bridgehead atoms. The Morgan fingerprint density at radius 2 is 0.540 bits per heavy atom. The van der Waals surface area contributed by atoms with Gasteiger partial charge in [0.05, 0.1) is 25.4 Å². The molecule has 2 atom stereocenters. The third-order valence-electron chi connectivity index (χ3n) is 19.0. The molecular formula is C81H157NO5. The van der Waals surface area contributed by atoms with Crippen LogP contribution in [0, 0.1) is 0 Å². The normalized spacial score (nSPS) is 12.6. The van der Waals surface area contributed by atoms with Gasteiger partial charge >= 0.3 is 5.97 Å². The summed E-state index contributed by atoms with van der Waals surface area (Å²) in [6.07, 6.45) is 98.5. The van der Waals surface area contributed by atoms with Gasteiger partial charge in [-0.15, -0.1) is 0 Å². The highest BCUT2D eigenvalue weighted by atomic mass is 16.5. The molecule has 6 heteroatoms. The molecule has 0 saturated heterocycles. The average Bonchev–Trinajstić information content (AvgIpc) is 3.53. The van der Waals surface area contributed by atoms with Crippen molar-refractivity contribution in [2.45, 2.75) is 469 Å². The monoisotopic (exact) mass is 1220 g/mol. The van der Waals surface area contributed by atoms with E-state index in [1.54, 1.807) is 0 Å². The second-order valence-electron chi connectivity index (χ2n) is 27.7. The standard InChI is InChI=1S/C81H157NO5/c1-3-5-7-9-11-13-15-17-19-21-43-47-51-55-59-63-67-71-75-81(86)87-76-72-68-64-60-56-52-48-44-40-38-36-34-32-30-28-26-24-22-23-25-27-29-31-33-35-37-39-42-46-50-54-58-62-66-70-74-80(85)82-78(77-83)79(84)73-69-65-61-57-53-49-45-41-20-18-16-14-12-10-8-6-4-2/h19,21,24,26,78-79,83-84H,3-18,20,22-23,25,27-77H2,1-2H3,(H,82,85)/b21-19-,26-24-. The van der Waals surface area contributed by atoms with Crippen LogP contribution in [-0.2, 0) is 14.3 Å². The Labute approximate surface area is 545 Å². The molecule has 0 rings (SSSR count). The second kappa shape index (κ2) is 76.8. The number of esters is 1. The largest absolute Gasteiger partial charge is 0.466 e. The van der Waals surface area contributed by atoms with Crippen LogP contribution < -0.4 is 5.32 Å². The maximum Gasteiger partial charge on any atom is 0.305 e. The minimum absolute atomic E-state index is 0.0183. The summed E-state index contributed by atoms with van der Waals surface area (Å²) < 4.78 is 5.51. The van der Waals surface area contributed by atoms with Gasteiger partial charge in [-0.2, -0.15) is 0 Å². The van der Waals surface area contributed by atoms with Crippen molar-refractivity contribution in [1.29, 1.82) is 0 Å². The molecule has 0 fully saturated rings. The van der Waals surface area contributed by atoms with Crippen LogP contribution in [0.5, 0.6) is 0 Å². The van der Waals surface area contributed by atoms with E-state index in [1.807, 2.05) is 0 Å². The summed E-state index contributed by atoms with van der Waals surface area (Å²) >= 11 is 0. The summed E-state index contributed by atoms with van der Waals surface area (Å²) in [4.78, 5) is 24.7. The highest BCUT2D eigenvalue weighted by Crippen LogP contribution is 2.20. The van der Waals surface area contributed by atoms with Gasteiger partial charge in [-0.3, -0.25) is 9.59 Å². The van der Waals surface area contributed by atoms with E-state index in [-0.39, 0.29) is 18.5 Å².